The molecular weight excluding hydrogens is 314 g/mol. The first-order chi connectivity index (χ1) is 10.5. The summed E-state index contributed by atoms with van der Waals surface area (Å²) in [7, 11) is 1.19. The van der Waals surface area contributed by atoms with E-state index < -0.39 is 17.6 Å². The standard InChI is InChI=1S/C15H9ClF2N2O2/c1-22-15(21)12-9-4-8(17)5-10(18)13(9)20-14(12)11-3-2-7(16)6-19-11/h2-6,20H,1H3. The number of nitrogens with zero attached hydrogens (tertiary/aromatic N) is 1. The number of ether oxygens (including phenoxy) is 1. The van der Waals surface area contributed by atoms with Crippen LogP contribution in [0.25, 0.3) is 22.3 Å². The van der Waals surface area contributed by atoms with Crippen molar-refractivity contribution >= 4 is 28.5 Å². The molecule has 0 amide bonds. The van der Waals surface area contributed by atoms with Crippen LogP contribution >= 0.6 is 11.6 Å². The number of hydrogen-bond acceptors (Lipinski definition) is 3. The summed E-state index contributed by atoms with van der Waals surface area (Å²) < 4.78 is 32.1. The third-order valence-electron chi connectivity index (χ3n) is 3.20. The molecule has 0 atom stereocenters. The van der Waals surface area contributed by atoms with Gasteiger partial charge in [-0.15, -0.1) is 0 Å². The molecule has 0 saturated carbocycles. The van der Waals surface area contributed by atoms with Crippen LogP contribution in [-0.2, 0) is 4.74 Å². The van der Waals surface area contributed by atoms with Crippen LogP contribution in [-0.4, -0.2) is 23.0 Å². The maximum absolute atomic E-state index is 13.9. The van der Waals surface area contributed by atoms with Crippen LogP contribution in [0.2, 0.25) is 5.02 Å². The Kier molecular flexibility index (Phi) is 3.54. The smallest absolute Gasteiger partial charge is 0.340 e. The van der Waals surface area contributed by atoms with E-state index in [1.165, 1.54) is 13.3 Å². The molecule has 0 spiro atoms. The fraction of sp³-hybridized carbons (Fsp3) is 0.0667. The number of halogens is 3. The molecule has 1 N–H and O–H groups in total. The number of aromatic nitrogens is 2. The molecule has 0 aliphatic rings. The predicted molar refractivity (Wildman–Crippen MR) is 77.8 cm³/mol. The van der Waals surface area contributed by atoms with Crippen molar-refractivity contribution in [3.05, 3.63) is 52.7 Å². The molecule has 0 bridgehead atoms. The van der Waals surface area contributed by atoms with E-state index in [9.17, 15) is 13.6 Å². The highest BCUT2D eigenvalue weighted by molar-refractivity contribution is 6.30. The zero-order valence-corrected chi connectivity index (χ0v) is 12.0. The lowest BCUT2D eigenvalue weighted by molar-refractivity contribution is 0.0604. The molecule has 7 heteroatoms. The minimum atomic E-state index is -0.805. The first-order valence-electron chi connectivity index (χ1n) is 6.22. The molecule has 4 nitrogen and oxygen atoms in total. The van der Waals surface area contributed by atoms with E-state index in [0.29, 0.717) is 10.7 Å². The van der Waals surface area contributed by atoms with Crippen molar-refractivity contribution in [3.8, 4) is 11.4 Å². The number of nitrogens with one attached hydrogen (secondary N) is 1. The number of esters is 1. The zero-order valence-electron chi connectivity index (χ0n) is 11.3. The van der Waals surface area contributed by atoms with Crippen molar-refractivity contribution in [2.75, 3.05) is 7.11 Å². The van der Waals surface area contributed by atoms with E-state index in [1.54, 1.807) is 12.1 Å². The molecule has 0 radical (unpaired) electrons. The number of aromatic amines is 1. The number of H-pyrrole nitrogens is 1. The fourth-order valence-corrected chi connectivity index (χ4v) is 2.36. The Hall–Kier alpha value is -2.47. The Morgan fingerprint density at radius 1 is 1.32 bits per heavy atom. The molecule has 0 saturated heterocycles. The van der Waals surface area contributed by atoms with Crippen LogP contribution in [0.15, 0.2) is 30.5 Å². The summed E-state index contributed by atoms with van der Waals surface area (Å²) in [6.07, 6.45) is 1.39. The van der Waals surface area contributed by atoms with Crippen LogP contribution in [0.5, 0.6) is 0 Å². The minimum Gasteiger partial charge on any atom is -0.465 e. The lowest BCUT2D eigenvalue weighted by Gasteiger charge is -2.02. The van der Waals surface area contributed by atoms with Crippen molar-refractivity contribution in [2.45, 2.75) is 0 Å². The van der Waals surface area contributed by atoms with Gasteiger partial charge in [0.15, 0.2) is 0 Å². The van der Waals surface area contributed by atoms with Gasteiger partial charge in [0.2, 0.25) is 0 Å². The van der Waals surface area contributed by atoms with Gasteiger partial charge >= 0.3 is 5.97 Å². The van der Waals surface area contributed by atoms with Crippen molar-refractivity contribution < 1.29 is 18.3 Å². The van der Waals surface area contributed by atoms with Gasteiger partial charge < -0.3 is 9.72 Å². The van der Waals surface area contributed by atoms with Crippen molar-refractivity contribution in [1.29, 1.82) is 0 Å². The molecule has 0 unspecified atom stereocenters. The van der Waals surface area contributed by atoms with Gasteiger partial charge in [0.25, 0.3) is 0 Å². The maximum atomic E-state index is 13.9. The highest BCUT2D eigenvalue weighted by atomic mass is 35.5. The van der Waals surface area contributed by atoms with Crippen molar-refractivity contribution in [2.24, 2.45) is 0 Å². The normalized spacial score (nSPS) is 10.9. The highest BCUT2D eigenvalue weighted by Crippen LogP contribution is 2.32. The number of hydrogen-bond donors (Lipinski definition) is 1. The van der Waals surface area contributed by atoms with Crippen LogP contribution in [0, 0.1) is 11.6 Å². The van der Waals surface area contributed by atoms with Crippen molar-refractivity contribution in [1.82, 2.24) is 9.97 Å². The SMILES string of the molecule is COC(=O)c1c(-c2ccc(Cl)cn2)[nH]c2c(F)cc(F)cc12. The summed E-state index contributed by atoms with van der Waals surface area (Å²) >= 11 is 5.78. The van der Waals surface area contributed by atoms with Crippen LogP contribution in [0.1, 0.15) is 10.4 Å². The second-order valence-corrected chi connectivity index (χ2v) is 4.97. The molecule has 0 aliphatic heterocycles. The monoisotopic (exact) mass is 322 g/mol. The predicted octanol–water partition coefficient (Wildman–Crippen LogP) is 3.95. The Labute approximate surface area is 128 Å². The molecule has 2 heterocycles. The molecule has 22 heavy (non-hydrogen) atoms. The van der Waals surface area contributed by atoms with Gasteiger partial charge in [-0.05, 0) is 18.2 Å². The maximum Gasteiger partial charge on any atom is 0.340 e. The Morgan fingerprint density at radius 3 is 2.73 bits per heavy atom. The van der Waals surface area contributed by atoms with E-state index in [2.05, 4.69) is 9.97 Å². The molecule has 3 rings (SSSR count). The van der Waals surface area contributed by atoms with Crippen molar-refractivity contribution in [3.63, 3.8) is 0 Å². The molecule has 2 aromatic heterocycles. The average molecular weight is 323 g/mol. The highest BCUT2D eigenvalue weighted by Gasteiger charge is 2.23. The largest absolute Gasteiger partial charge is 0.465 e. The average Bonchev–Trinajstić information content (AvgIpc) is 2.87. The Balaban J connectivity index is 2.36. The number of rotatable bonds is 2. The Bertz CT molecular complexity index is 875. The second kappa shape index (κ2) is 5.38. The summed E-state index contributed by atoms with van der Waals surface area (Å²) in [5, 5.41) is 0.507. The van der Waals surface area contributed by atoms with Crippen LogP contribution in [0.3, 0.4) is 0 Å². The third-order valence-corrected chi connectivity index (χ3v) is 3.42. The van der Waals surface area contributed by atoms with E-state index in [4.69, 9.17) is 16.3 Å². The summed E-state index contributed by atoms with van der Waals surface area (Å²) in [6, 6.07) is 4.95. The topological polar surface area (TPSA) is 55.0 Å². The van der Waals surface area contributed by atoms with Gasteiger partial charge in [0, 0.05) is 17.6 Å². The molecule has 3 aromatic rings. The van der Waals surface area contributed by atoms with E-state index in [-0.39, 0.29) is 22.2 Å². The van der Waals surface area contributed by atoms with E-state index in [1.807, 2.05) is 0 Å². The van der Waals surface area contributed by atoms with Crippen LogP contribution in [0.4, 0.5) is 8.78 Å². The summed E-state index contributed by atoms with van der Waals surface area (Å²) in [6.45, 7) is 0. The second-order valence-electron chi connectivity index (χ2n) is 4.54. The first kappa shape index (κ1) is 14.5. The minimum absolute atomic E-state index is 0.00792. The van der Waals surface area contributed by atoms with Gasteiger partial charge in [0.05, 0.1) is 34.6 Å². The molecule has 112 valence electrons. The Morgan fingerprint density at radius 2 is 2.09 bits per heavy atom. The number of pyridine rings is 1. The summed E-state index contributed by atoms with van der Waals surface area (Å²) in [5.74, 6) is -2.31. The first-order valence-corrected chi connectivity index (χ1v) is 6.60. The van der Waals surface area contributed by atoms with Gasteiger partial charge in [0.1, 0.15) is 11.6 Å². The van der Waals surface area contributed by atoms with Gasteiger partial charge in [-0.2, -0.15) is 0 Å². The quantitative estimate of drug-likeness (QED) is 0.727. The molecule has 1 aromatic carbocycles. The van der Waals surface area contributed by atoms with Crippen LogP contribution < -0.4 is 0 Å². The number of carbonyl (C=O) groups is 1. The number of fused-ring (bicyclic) bond motifs is 1. The summed E-state index contributed by atoms with van der Waals surface area (Å²) in [4.78, 5) is 18.9. The fourth-order valence-electron chi connectivity index (χ4n) is 2.25. The lowest BCUT2D eigenvalue weighted by atomic mass is 10.1. The van der Waals surface area contributed by atoms with E-state index >= 15 is 0 Å². The summed E-state index contributed by atoms with van der Waals surface area (Å²) in [5.41, 5.74) is 0.628. The molecular formula is C15H9ClF2N2O2. The zero-order chi connectivity index (χ0) is 15.9. The number of carbonyl (C=O) groups excluding carboxylic acids is 1. The lowest BCUT2D eigenvalue weighted by Crippen LogP contribution is -2.03. The van der Waals surface area contributed by atoms with Gasteiger partial charge in [-0.1, -0.05) is 11.6 Å². The molecule has 0 fully saturated rings. The third kappa shape index (κ3) is 2.31. The number of methoxy groups -OCH3 is 1. The molecule has 0 aliphatic carbocycles. The van der Waals surface area contributed by atoms with Gasteiger partial charge in [-0.3, -0.25) is 4.98 Å². The van der Waals surface area contributed by atoms with Gasteiger partial charge in [-0.25, -0.2) is 13.6 Å². The number of benzene rings is 1. The van der Waals surface area contributed by atoms with E-state index in [0.717, 1.165) is 12.1 Å².